The summed E-state index contributed by atoms with van der Waals surface area (Å²) in [6, 6.07) is 0.0395. The van der Waals surface area contributed by atoms with Gasteiger partial charge in [-0.05, 0) is 48.5 Å². The number of carbonyl (C=O) groups is 1. The molecule has 0 spiro atoms. The number of amides is 2. The molecule has 3 rings (SSSR count). The van der Waals surface area contributed by atoms with Crippen molar-refractivity contribution >= 4 is 6.03 Å². The van der Waals surface area contributed by atoms with Gasteiger partial charge in [0.2, 0.25) is 0 Å². The predicted octanol–water partition coefficient (Wildman–Crippen LogP) is 5.02. The van der Waals surface area contributed by atoms with E-state index in [-0.39, 0.29) is 17.4 Å². The fourth-order valence-corrected chi connectivity index (χ4v) is 3.99. The first-order chi connectivity index (χ1) is 12.9. The molecule has 2 atom stereocenters. The second-order valence-electron chi connectivity index (χ2n) is 10.1. The SMILES string of the molecule is CC1C=CC(C(C)(C)O)=CC1C1=CC=C2CC(=C1)N(C)C(=O)N2CC(C)(C)C. The summed E-state index contributed by atoms with van der Waals surface area (Å²) < 4.78 is 0. The minimum absolute atomic E-state index is 0.0322. The number of aliphatic hydroxyl groups is 1. The van der Waals surface area contributed by atoms with Crippen LogP contribution in [0, 0.1) is 17.3 Å². The molecule has 0 saturated carbocycles. The van der Waals surface area contributed by atoms with Crippen molar-refractivity contribution in [2.24, 2.45) is 17.3 Å². The topological polar surface area (TPSA) is 43.8 Å². The van der Waals surface area contributed by atoms with Crippen molar-refractivity contribution in [2.75, 3.05) is 13.6 Å². The molecule has 1 heterocycles. The maximum atomic E-state index is 13.0. The molecule has 2 bridgehead atoms. The van der Waals surface area contributed by atoms with Crippen molar-refractivity contribution in [2.45, 2.75) is 53.6 Å². The molecule has 2 unspecified atom stereocenters. The highest BCUT2D eigenvalue weighted by molar-refractivity contribution is 5.80. The van der Waals surface area contributed by atoms with E-state index in [0.29, 0.717) is 12.5 Å². The lowest BCUT2D eigenvalue weighted by Gasteiger charge is -2.40. The van der Waals surface area contributed by atoms with Crippen LogP contribution in [-0.2, 0) is 0 Å². The largest absolute Gasteiger partial charge is 0.386 e. The van der Waals surface area contributed by atoms with Crippen molar-refractivity contribution < 1.29 is 9.90 Å². The smallest absolute Gasteiger partial charge is 0.328 e. The first-order valence-corrected chi connectivity index (χ1v) is 10.2. The summed E-state index contributed by atoms with van der Waals surface area (Å²) in [4.78, 5) is 16.7. The summed E-state index contributed by atoms with van der Waals surface area (Å²) in [5.41, 5.74) is 3.38. The van der Waals surface area contributed by atoms with Crippen molar-refractivity contribution in [3.8, 4) is 0 Å². The summed E-state index contributed by atoms with van der Waals surface area (Å²) in [5.74, 6) is 0.506. The zero-order valence-corrected chi connectivity index (χ0v) is 18.3. The van der Waals surface area contributed by atoms with Crippen molar-refractivity contribution in [1.29, 1.82) is 0 Å². The van der Waals surface area contributed by atoms with Crippen LogP contribution in [0.2, 0.25) is 0 Å². The van der Waals surface area contributed by atoms with E-state index in [1.54, 1.807) is 4.90 Å². The van der Waals surface area contributed by atoms with Crippen molar-refractivity contribution in [1.82, 2.24) is 9.80 Å². The highest BCUT2D eigenvalue weighted by Gasteiger charge is 2.35. The van der Waals surface area contributed by atoms with E-state index in [9.17, 15) is 9.90 Å². The van der Waals surface area contributed by atoms with E-state index in [0.717, 1.165) is 23.4 Å². The van der Waals surface area contributed by atoms with E-state index in [1.165, 1.54) is 5.57 Å². The molecule has 1 fully saturated rings. The lowest BCUT2D eigenvalue weighted by molar-refractivity contribution is 0.122. The average molecular weight is 383 g/mol. The standard InChI is InChI=1S/C24H34N2O2/c1-16-8-10-18(24(5,6)28)13-21(16)17-9-11-19-14-20(12-17)25(7)22(27)26(19)15-23(2,3)4/h8-13,16,21,28H,14-15H2,1-7H3. The van der Waals surface area contributed by atoms with E-state index in [2.05, 4.69) is 58.1 Å². The molecule has 0 aromatic rings. The fourth-order valence-electron chi connectivity index (χ4n) is 3.99. The van der Waals surface area contributed by atoms with Gasteiger partial charge in [0.25, 0.3) is 0 Å². The van der Waals surface area contributed by atoms with E-state index in [4.69, 9.17) is 0 Å². The van der Waals surface area contributed by atoms with Crippen LogP contribution in [0.1, 0.15) is 48.0 Å². The lowest BCUT2D eigenvalue weighted by atomic mass is 9.78. The van der Waals surface area contributed by atoms with Gasteiger partial charge in [0, 0.05) is 37.3 Å². The van der Waals surface area contributed by atoms with Gasteiger partial charge in [0.1, 0.15) is 0 Å². The zero-order chi connectivity index (χ0) is 20.9. The van der Waals surface area contributed by atoms with Gasteiger partial charge in [0.15, 0.2) is 0 Å². The zero-order valence-electron chi connectivity index (χ0n) is 18.3. The molecule has 0 aromatic heterocycles. The molecule has 4 nitrogen and oxygen atoms in total. The Morgan fingerprint density at radius 3 is 2.43 bits per heavy atom. The molecule has 4 heteroatoms. The second-order valence-corrected chi connectivity index (χ2v) is 10.1. The van der Waals surface area contributed by atoms with Gasteiger partial charge in [0.05, 0.1) is 5.60 Å². The molecule has 28 heavy (non-hydrogen) atoms. The lowest BCUT2D eigenvalue weighted by Crippen LogP contribution is -2.47. The Morgan fingerprint density at radius 1 is 1.14 bits per heavy atom. The highest BCUT2D eigenvalue weighted by atomic mass is 16.3. The molecular weight excluding hydrogens is 348 g/mol. The maximum absolute atomic E-state index is 13.0. The number of urea groups is 1. The third kappa shape index (κ3) is 4.17. The van der Waals surface area contributed by atoms with Crippen LogP contribution >= 0.6 is 0 Å². The van der Waals surface area contributed by atoms with Gasteiger partial charge >= 0.3 is 6.03 Å². The summed E-state index contributed by atoms with van der Waals surface area (Å²) in [6.07, 6.45) is 13.6. The van der Waals surface area contributed by atoms with Crippen LogP contribution in [0.15, 0.2) is 59.0 Å². The Balaban J connectivity index is 2.00. The molecule has 3 aliphatic rings. The third-order valence-corrected chi connectivity index (χ3v) is 5.69. The van der Waals surface area contributed by atoms with Crippen LogP contribution in [0.25, 0.3) is 0 Å². The normalized spacial score (nSPS) is 25.8. The fraction of sp³-hybridized carbons (Fsp3) is 0.542. The summed E-state index contributed by atoms with van der Waals surface area (Å²) >= 11 is 0. The van der Waals surface area contributed by atoms with Gasteiger partial charge in [-0.15, -0.1) is 0 Å². The van der Waals surface area contributed by atoms with Gasteiger partial charge in [-0.3, -0.25) is 4.90 Å². The summed E-state index contributed by atoms with van der Waals surface area (Å²) in [7, 11) is 1.87. The second kappa shape index (κ2) is 7.07. The van der Waals surface area contributed by atoms with Crippen LogP contribution in [0.4, 0.5) is 4.79 Å². The minimum Gasteiger partial charge on any atom is -0.386 e. The number of carbonyl (C=O) groups excluding carboxylic acids is 1. The molecule has 1 saturated heterocycles. The number of allylic oxidation sites excluding steroid dienone is 6. The monoisotopic (exact) mass is 382 g/mol. The summed E-state index contributed by atoms with van der Waals surface area (Å²) in [6.45, 7) is 13.0. The molecule has 1 N–H and O–H groups in total. The molecule has 2 amide bonds. The molecule has 0 aromatic carbocycles. The van der Waals surface area contributed by atoms with Gasteiger partial charge < -0.3 is 10.0 Å². The van der Waals surface area contributed by atoms with Gasteiger partial charge in [-0.1, -0.05) is 52.0 Å². The van der Waals surface area contributed by atoms with Crippen molar-refractivity contribution in [3.05, 3.63) is 59.0 Å². The molecule has 2 aliphatic carbocycles. The molecule has 152 valence electrons. The van der Waals surface area contributed by atoms with Crippen molar-refractivity contribution in [3.63, 3.8) is 0 Å². The summed E-state index contributed by atoms with van der Waals surface area (Å²) in [5, 5.41) is 10.4. The number of rotatable bonds is 3. The van der Waals surface area contributed by atoms with E-state index < -0.39 is 5.60 Å². The van der Waals surface area contributed by atoms with Crippen LogP contribution < -0.4 is 0 Å². The van der Waals surface area contributed by atoms with E-state index >= 15 is 0 Å². The van der Waals surface area contributed by atoms with Gasteiger partial charge in [-0.25, -0.2) is 4.79 Å². The quantitative estimate of drug-likeness (QED) is 0.745. The first-order valence-electron chi connectivity index (χ1n) is 10.2. The molecular formula is C24H34N2O2. The maximum Gasteiger partial charge on any atom is 0.328 e. The Labute approximate surface area is 169 Å². The van der Waals surface area contributed by atoms with Crippen LogP contribution in [-0.4, -0.2) is 40.1 Å². The van der Waals surface area contributed by atoms with Crippen LogP contribution in [0.5, 0.6) is 0 Å². The number of nitrogens with zero attached hydrogens (tertiary/aromatic N) is 2. The van der Waals surface area contributed by atoms with E-state index in [1.807, 2.05) is 31.9 Å². The predicted molar refractivity (Wildman–Crippen MR) is 114 cm³/mol. The number of fused-ring (bicyclic) bond motifs is 2. The average Bonchev–Trinajstić information content (AvgIpc) is 2.77. The molecule has 0 radical (unpaired) electrons. The van der Waals surface area contributed by atoms with Gasteiger partial charge in [-0.2, -0.15) is 0 Å². The molecule has 1 aliphatic heterocycles. The minimum atomic E-state index is -0.863. The first kappa shape index (κ1) is 20.7. The highest BCUT2D eigenvalue weighted by Crippen LogP contribution is 2.38. The Morgan fingerprint density at radius 2 is 1.82 bits per heavy atom. The van der Waals surface area contributed by atoms with Crippen LogP contribution in [0.3, 0.4) is 0 Å². The number of hydrogen-bond acceptors (Lipinski definition) is 2. The Bertz CT molecular complexity index is 813. The number of hydrogen-bond donors (Lipinski definition) is 1. The Kier molecular flexibility index (Phi) is 5.22. The Hall–Kier alpha value is -2.07. The third-order valence-electron chi connectivity index (χ3n) is 5.69.